The van der Waals surface area contributed by atoms with Crippen molar-refractivity contribution >= 4 is 27.5 Å². The lowest BCUT2D eigenvalue weighted by Crippen LogP contribution is -1.90. The summed E-state index contributed by atoms with van der Waals surface area (Å²) in [5.41, 5.74) is 0.659. The van der Waals surface area contributed by atoms with Crippen LogP contribution >= 0.6 is 27.5 Å². The molecule has 0 heterocycles. The van der Waals surface area contributed by atoms with Crippen LogP contribution in [0, 0.1) is 0 Å². The maximum atomic E-state index is 12.9. The maximum absolute atomic E-state index is 12.9. The fraction of sp³-hybridized carbons (Fsp3) is 0.250. The Morgan fingerprint density at radius 1 is 1.36 bits per heavy atom. The lowest BCUT2D eigenvalue weighted by atomic mass is 10.1. The van der Waals surface area contributed by atoms with Crippen LogP contribution in [0.1, 0.15) is 11.7 Å². The van der Waals surface area contributed by atoms with Crippen molar-refractivity contribution in [2.75, 3.05) is 5.33 Å². The van der Waals surface area contributed by atoms with E-state index in [0.717, 1.165) is 0 Å². The Balaban J connectivity index is 2.81. The summed E-state index contributed by atoms with van der Waals surface area (Å²) in [5.74, 6) is 0. The van der Waals surface area contributed by atoms with E-state index in [9.17, 15) is 4.39 Å². The third-order valence-electron chi connectivity index (χ3n) is 1.37. The Morgan fingerprint density at radius 2 is 1.91 bits per heavy atom. The lowest BCUT2D eigenvalue weighted by molar-refractivity contribution is 0.382. The molecule has 0 fully saturated rings. The first-order valence-corrected chi connectivity index (χ1v) is 4.69. The van der Waals surface area contributed by atoms with Gasteiger partial charge in [-0.15, -0.1) is 0 Å². The molecule has 60 valence electrons. The summed E-state index contributed by atoms with van der Waals surface area (Å²) in [6.45, 7) is 0. The topological polar surface area (TPSA) is 0 Å². The van der Waals surface area contributed by atoms with Crippen LogP contribution in [0.15, 0.2) is 24.3 Å². The highest BCUT2D eigenvalue weighted by Crippen LogP contribution is 2.20. The van der Waals surface area contributed by atoms with E-state index in [1.165, 1.54) is 0 Å². The Morgan fingerprint density at radius 3 is 2.36 bits per heavy atom. The molecule has 1 aromatic rings. The van der Waals surface area contributed by atoms with Crippen molar-refractivity contribution in [1.82, 2.24) is 0 Å². The molecule has 1 rings (SSSR count). The molecule has 0 saturated carbocycles. The molecule has 0 N–H and O–H groups in total. The van der Waals surface area contributed by atoms with E-state index in [0.29, 0.717) is 15.9 Å². The average Bonchev–Trinajstić information content (AvgIpc) is 2.05. The molecule has 0 nitrogen and oxygen atoms in total. The fourth-order valence-electron chi connectivity index (χ4n) is 0.761. The Labute approximate surface area is 78.5 Å². The molecule has 0 spiro atoms. The van der Waals surface area contributed by atoms with Gasteiger partial charge in [-0.25, -0.2) is 4.39 Å². The monoisotopic (exact) mass is 236 g/mol. The minimum absolute atomic E-state index is 0.328. The van der Waals surface area contributed by atoms with Crippen LogP contribution in [0.4, 0.5) is 4.39 Å². The summed E-state index contributed by atoms with van der Waals surface area (Å²) in [5, 5.41) is 0.963. The first-order valence-electron chi connectivity index (χ1n) is 3.19. The highest BCUT2D eigenvalue weighted by atomic mass is 79.9. The first kappa shape index (κ1) is 9.01. The van der Waals surface area contributed by atoms with Gasteiger partial charge in [-0.3, -0.25) is 0 Å². The zero-order chi connectivity index (χ0) is 8.27. The van der Waals surface area contributed by atoms with Crippen molar-refractivity contribution in [3.8, 4) is 0 Å². The van der Waals surface area contributed by atoms with Crippen molar-refractivity contribution in [2.24, 2.45) is 0 Å². The van der Waals surface area contributed by atoms with Crippen molar-refractivity contribution in [1.29, 1.82) is 0 Å². The summed E-state index contributed by atoms with van der Waals surface area (Å²) >= 11 is 8.69. The molecular weight excluding hydrogens is 230 g/mol. The molecule has 1 unspecified atom stereocenters. The maximum Gasteiger partial charge on any atom is 0.135 e. The van der Waals surface area contributed by atoms with Crippen molar-refractivity contribution in [3.05, 3.63) is 34.9 Å². The zero-order valence-corrected chi connectivity index (χ0v) is 8.07. The van der Waals surface area contributed by atoms with E-state index >= 15 is 0 Å². The minimum atomic E-state index is -0.938. The minimum Gasteiger partial charge on any atom is -0.241 e. The van der Waals surface area contributed by atoms with Crippen LogP contribution in [-0.4, -0.2) is 5.33 Å². The van der Waals surface area contributed by atoms with E-state index in [1.807, 2.05) is 0 Å². The van der Waals surface area contributed by atoms with Crippen LogP contribution < -0.4 is 0 Å². The smallest absolute Gasteiger partial charge is 0.135 e. The quantitative estimate of drug-likeness (QED) is 0.687. The third kappa shape index (κ3) is 2.46. The highest BCUT2D eigenvalue weighted by Gasteiger charge is 2.05. The van der Waals surface area contributed by atoms with Gasteiger partial charge < -0.3 is 0 Å². The molecular formula is C8H7BrClF. The standard InChI is InChI=1S/C8H7BrClF/c9-5-8(11)6-1-3-7(10)4-2-6/h1-4,8H,5H2. The van der Waals surface area contributed by atoms with Crippen LogP contribution in [-0.2, 0) is 0 Å². The van der Waals surface area contributed by atoms with Gasteiger partial charge in [-0.1, -0.05) is 39.7 Å². The lowest BCUT2D eigenvalue weighted by Gasteiger charge is -2.03. The summed E-state index contributed by atoms with van der Waals surface area (Å²) in [6, 6.07) is 6.75. The molecule has 0 radical (unpaired) electrons. The summed E-state index contributed by atoms with van der Waals surface area (Å²) < 4.78 is 12.9. The Hall–Kier alpha value is -0.0800. The average molecular weight is 237 g/mol. The predicted molar refractivity (Wildman–Crippen MR) is 49.1 cm³/mol. The molecule has 0 aromatic heterocycles. The van der Waals surface area contributed by atoms with Crippen molar-refractivity contribution in [2.45, 2.75) is 6.17 Å². The van der Waals surface area contributed by atoms with Crippen LogP contribution in [0.5, 0.6) is 0 Å². The van der Waals surface area contributed by atoms with Gasteiger partial charge in [0.15, 0.2) is 0 Å². The fourth-order valence-corrected chi connectivity index (χ4v) is 1.26. The number of alkyl halides is 2. The number of rotatable bonds is 2. The molecule has 0 bridgehead atoms. The van der Waals surface area contributed by atoms with Crippen molar-refractivity contribution < 1.29 is 4.39 Å². The van der Waals surface area contributed by atoms with Gasteiger partial charge in [-0.05, 0) is 17.7 Å². The molecule has 3 heteroatoms. The van der Waals surface area contributed by atoms with Gasteiger partial charge in [0.2, 0.25) is 0 Å². The van der Waals surface area contributed by atoms with E-state index in [-0.39, 0.29) is 0 Å². The Bertz CT molecular complexity index is 222. The van der Waals surface area contributed by atoms with Gasteiger partial charge in [0.25, 0.3) is 0 Å². The molecule has 0 aliphatic heterocycles. The molecule has 0 aliphatic carbocycles. The van der Waals surface area contributed by atoms with Gasteiger partial charge in [0, 0.05) is 10.4 Å². The van der Waals surface area contributed by atoms with Crippen LogP contribution in [0.3, 0.4) is 0 Å². The third-order valence-corrected chi connectivity index (χ3v) is 2.19. The molecule has 0 aliphatic rings. The molecule has 0 amide bonds. The van der Waals surface area contributed by atoms with Gasteiger partial charge in [-0.2, -0.15) is 0 Å². The number of benzene rings is 1. The van der Waals surface area contributed by atoms with Gasteiger partial charge in [0.1, 0.15) is 6.17 Å². The molecule has 1 aromatic carbocycles. The predicted octanol–water partition coefficient (Wildman–Crippen LogP) is 3.75. The number of hydrogen-bond acceptors (Lipinski definition) is 0. The van der Waals surface area contributed by atoms with Crippen LogP contribution in [0.2, 0.25) is 5.02 Å². The van der Waals surface area contributed by atoms with E-state index in [1.54, 1.807) is 24.3 Å². The van der Waals surface area contributed by atoms with Gasteiger partial charge in [0.05, 0.1) is 0 Å². The van der Waals surface area contributed by atoms with Gasteiger partial charge >= 0.3 is 0 Å². The number of hydrogen-bond donors (Lipinski definition) is 0. The van der Waals surface area contributed by atoms with E-state index in [2.05, 4.69) is 15.9 Å². The summed E-state index contributed by atoms with van der Waals surface area (Å²) in [7, 11) is 0. The normalized spacial score (nSPS) is 13.0. The molecule has 11 heavy (non-hydrogen) atoms. The molecule has 0 saturated heterocycles. The van der Waals surface area contributed by atoms with Crippen LogP contribution in [0.25, 0.3) is 0 Å². The second-order valence-corrected chi connectivity index (χ2v) is 3.26. The largest absolute Gasteiger partial charge is 0.241 e. The summed E-state index contributed by atoms with van der Waals surface area (Å²) in [4.78, 5) is 0. The first-order chi connectivity index (χ1) is 5.24. The second-order valence-electron chi connectivity index (χ2n) is 2.17. The zero-order valence-electron chi connectivity index (χ0n) is 5.73. The second kappa shape index (κ2) is 4.07. The SMILES string of the molecule is FC(CBr)c1ccc(Cl)cc1. The van der Waals surface area contributed by atoms with Crippen molar-refractivity contribution in [3.63, 3.8) is 0 Å². The summed E-state index contributed by atoms with van der Waals surface area (Å²) in [6.07, 6.45) is -0.938. The highest BCUT2D eigenvalue weighted by molar-refractivity contribution is 9.09. The van der Waals surface area contributed by atoms with E-state index in [4.69, 9.17) is 11.6 Å². The number of halogens is 3. The Kier molecular flexibility index (Phi) is 3.34. The molecule has 1 atom stereocenters. The van der Waals surface area contributed by atoms with E-state index < -0.39 is 6.17 Å².